The summed E-state index contributed by atoms with van der Waals surface area (Å²) >= 11 is 0. The van der Waals surface area contributed by atoms with Gasteiger partial charge in [0.25, 0.3) is 0 Å². The maximum atomic E-state index is 11.5. The van der Waals surface area contributed by atoms with Crippen molar-refractivity contribution in [3.63, 3.8) is 0 Å². The minimum absolute atomic E-state index is 0.156. The van der Waals surface area contributed by atoms with E-state index in [1.54, 1.807) is 20.9 Å². The zero-order valence-corrected chi connectivity index (χ0v) is 9.82. The zero-order valence-electron chi connectivity index (χ0n) is 9.82. The van der Waals surface area contributed by atoms with Crippen LogP contribution in [0.5, 0.6) is 0 Å². The quantitative estimate of drug-likeness (QED) is 0.693. The van der Waals surface area contributed by atoms with Gasteiger partial charge < -0.3 is 15.0 Å². The lowest BCUT2D eigenvalue weighted by Crippen LogP contribution is -2.44. The van der Waals surface area contributed by atoms with Crippen LogP contribution in [-0.2, 0) is 9.53 Å². The van der Waals surface area contributed by atoms with Crippen LogP contribution in [0.1, 0.15) is 20.3 Å². The molecule has 0 aliphatic heterocycles. The number of carbonyl (C=O) groups excluding carboxylic acids is 2. The summed E-state index contributed by atoms with van der Waals surface area (Å²) in [7, 11) is 1.57. The Bertz CT molecular complexity index is 286. The number of nitrogens with zero attached hydrogens (tertiary/aromatic N) is 2. The van der Waals surface area contributed by atoms with E-state index in [9.17, 15) is 9.59 Å². The van der Waals surface area contributed by atoms with E-state index in [0.29, 0.717) is 0 Å². The number of nitriles is 1. The van der Waals surface area contributed by atoms with E-state index in [-0.39, 0.29) is 25.6 Å². The molecule has 0 spiro atoms. The Balaban J connectivity index is 3.97. The normalized spacial score (nSPS) is 11.1. The standard InChI is InChI=1S/C10H17N3O3/c1-4-16-9(14)7-12-10(15)13(3)8(2)5-6-11/h8H,4-5,7H2,1-3H3,(H,12,15). The average Bonchev–Trinajstić information content (AvgIpc) is 2.25. The molecule has 0 saturated carbocycles. The van der Waals surface area contributed by atoms with E-state index in [4.69, 9.17) is 5.26 Å². The van der Waals surface area contributed by atoms with Crippen LogP contribution >= 0.6 is 0 Å². The van der Waals surface area contributed by atoms with Crippen LogP contribution in [0.2, 0.25) is 0 Å². The van der Waals surface area contributed by atoms with Gasteiger partial charge in [-0.15, -0.1) is 0 Å². The largest absolute Gasteiger partial charge is 0.465 e. The molecule has 0 aliphatic rings. The second-order valence-corrected chi connectivity index (χ2v) is 3.29. The van der Waals surface area contributed by atoms with E-state index >= 15 is 0 Å². The van der Waals surface area contributed by atoms with Gasteiger partial charge in [-0.1, -0.05) is 0 Å². The summed E-state index contributed by atoms with van der Waals surface area (Å²) < 4.78 is 4.66. The van der Waals surface area contributed by atoms with Crippen molar-refractivity contribution in [2.24, 2.45) is 0 Å². The predicted octanol–water partition coefficient (Wildman–Crippen LogP) is 0.493. The Morgan fingerprint density at radius 1 is 1.56 bits per heavy atom. The summed E-state index contributed by atoms with van der Waals surface area (Å²) in [5.74, 6) is -0.475. The smallest absolute Gasteiger partial charge is 0.325 e. The summed E-state index contributed by atoms with van der Waals surface area (Å²) in [4.78, 5) is 23.8. The number of ether oxygens (including phenoxy) is 1. The number of nitrogens with one attached hydrogen (secondary N) is 1. The van der Waals surface area contributed by atoms with Gasteiger partial charge in [-0.2, -0.15) is 5.26 Å². The van der Waals surface area contributed by atoms with Crippen molar-refractivity contribution in [2.75, 3.05) is 20.2 Å². The van der Waals surface area contributed by atoms with E-state index in [0.717, 1.165) is 0 Å². The van der Waals surface area contributed by atoms with Gasteiger partial charge in [0.2, 0.25) is 0 Å². The Morgan fingerprint density at radius 2 is 2.19 bits per heavy atom. The molecule has 1 N–H and O–H groups in total. The first kappa shape index (κ1) is 14.2. The number of hydrogen-bond donors (Lipinski definition) is 1. The molecule has 0 radical (unpaired) electrons. The molecule has 0 aliphatic carbocycles. The Morgan fingerprint density at radius 3 is 2.69 bits per heavy atom. The molecule has 0 aromatic rings. The number of esters is 1. The van der Waals surface area contributed by atoms with Crippen LogP contribution in [0.25, 0.3) is 0 Å². The van der Waals surface area contributed by atoms with E-state index in [1.807, 2.05) is 6.07 Å². The molecule has 0 bridgehead atoms. The molecule has 0 fully saturated rings. The summed E-state index contributed by atoms with van der Waals surface area (Å²) in [6, 6.07) is 1.39. The topological polar surface area (TPSA) is 82.4 Å². The molecule has 16 heavy (non-hydrogen) atoms. The molecule has 6 heteroatoms. The molecule has 2 amide bonds. The molecule has 0 rings (SSSR count). The number of amides is 2. The lowest BCUT2D eigenvalue weighted by molar-refractivity contribution is -0.141. The van der Waals surface area contributed by atoms with Gasteiger partial charge in [-0.3, -0.25) is 4.79 Å². The Kier molecular flexibility index (Phi) is 6.68. The van der Waals surface area contributed by atoms with Gasteiger partial charge in [0.05, 0.1) is 19.1 Å². The van der Waals surface area contributed by atoms with Gasteiger partial charge >= 0.3 is 12.0 Å². The van der Waals surface area contributed by atoms with Gasteiger partial charge in [-0.05, 0) is 13.8 Å². The van der Waals surface area contributed by atoms with Crippen LogP contribution in [0, 0.1) is 11.3 Å². The fourth-order valence-corrected chi connectivity index (χ4v) is 0.954. The predicted molar refractivity (Wildman–Crippen MR) is 57.5 cm³/mol. The van der Waals surface area contributed by atoms with Gasteiger partial charge in [0.15, 0.2) is 0 Å². The minimum atomic E-state index is -0.475. The highest BCUT2D eigenvalue weighted by molar-refractivity contribution is 5.80. The van der Waals surface area contributed by atoms with Crippen molar-refractivity contribution in [1.29, 1.82) is 5.26 Å². The molecule has 0 heterocycles. The van der Waals surface area contributed by atoms with Crippen molar-refractivity contribution in [3.05, 3.63) is 0 Å². The third kappa shape index (κ3) is 5.20. The molecule has 1 atom stereocenters. The van der Waals surface area contributed by atoms with Crippen LogP contribution in [0.4, 0.5) is 4.79 Å². The molecular weight excluding hydrogens is 210 g/mol. The first-order valence-electron chi connectivity index (χ1n) is 5.06. The maximum absolute atomic E-state index is 11.5. The highest BCUT2D eigenvalue weighted by Crippen LogP contribution is 1.99. The maximum Gasteiger partial charge on any atom is 0.325 e. The number of urea groups is 1. The van der Waals surface area contributed by atoms with Crippen LogP contribution in [-0.4, -0.2) is 43.1 Å². The minimum Gasteiger partial charge on any atom is -0.465 e. The number of hydrogen-bond acceptors (Lipinski definition) is 4. The monoisotopic (exact) mass is 227 g/mol. The highest BCUT2D eigenvalue weighted by Gasteiger charge is 2.15. The van der Waals surface area contributed by atoms with E-state index in [2.05, 4.69) is 10.1 Å². The van der Waals surface area contributed by atoms with Crippen molar-refractivity contribution < 1.29 is 14.3 Å². The summed E-state index contributed by atoms with van der Waals surface area (Å²) in [5, 5.41) is 10.9. The molecule has 90 valence electrons. The van der Waals surface area contributed by atoms with Crippen molar-refractivity contribution >= 4 is 12.0 Å². The fourth-order valence-electron chi connectivity index (χ4n) is 0.954. The zero-order chi connectivity index (χ0) is 12.6. The first-order valence-corrected chi connectivity index (χ1v) is 5.06. The SMILES string of the molecule is CCOC(=O)CNC(=O)N(C)C(C)CC#N. The molecule has 0 aromatic heterocycles. The molecular formula is C10H17N3O3. The lowest BCUT2D eigenvalue weighted by atomic mass is 10.2. The van der Waals surface area contributed by atoms with Gasteiger partial charge in [0.1, 0.15) is 6.54 Å². The summed E-state index contributed by atoms with van der Waals surface area (Å²) in [5.41, 5.74) is 0. The summed E-state index contributed by atoms with van der Waals surface area (Å²) in [6.07, 6.45) is 0.253. The first-order chi connectivity index (χ1) is 7.52. The van der Waals surface area contributed by atoms with Gasteiger partial charge in [0, 0.05) is 13.1 Å². The third-order valence-corrected chi connectivity index (χ3v) is 2.06. The average molecular weight is 227 g/mol. The van der Waals surface area contributed by atoms with Crippen LogP contribution < -0.4 is 5.32 Å². The lowest BCUT2D eigenvalue weighted by Gasteiger charge is -2.22. The van der Waals surface area contributed by atoms with Gasteiger partial charge in [-0.25, -0.2) is 4.79 Å². The molecule has 1 unspecified atom stereocenters. The van der Waals surface area contributed by atoms with Crippen LogP contribution in [0.15, 0.2) is 0 Å². The second kappa shape index (κ2) is 7.51. The Labute approximate surface area is 95.2 Å². The Hall–Kier alpha value is -1.77. The van der Waals surface area contributed by atoms with E-state index < -0.39 is 12.0 Å². The molecule has 6 nitrogen and oxygen atoms in total. The molecule has 0 aromatic carbocycles. The van der Waals surface area contributed by atoms with Crippen molar-refractivity contribution in [1.82, 2.24) is 10.2 Å². The van der Waals surface area contributed by atoms with Crippen LogP contribution in [0.3, 0.4) is 0 Å². The number of carbonyl (C=O) groups is 2. The van der Waals surface area contributed by atoms with E-state index in [1.165, 1.54) is 4.90 Å². The number of rotatable bonds is 5. The third-order valence-electron chi connectivity index (χ3n) is 2.06. The molecule has 0 saturated heterocycles. The second-order valence-electron chi connectivity index (χ2n) is 3.29. The highest BCUT2D eigenvalue weighted by atomic mass is 16.5. The van der Waals surface area contributed by atoms with Crippen molar-refractivity contribution in [2.45, 2.75) is 26.3 Å². The fraction of sp³-hybridized carbons (Fsp3) is 0.700. The summed E-state index contributed by atoms with van der Waals surface area (Å²) in [6.45, 7) is 3.58. The van der Waals surface area contributed by atoms with Crippen molar-refractivity contribution in [3.8, 4) is 6.07 Å².